The molecule has 3 unspecified atom stereocenters. The fourth-order valence-electron chi connectivity index (χ4n) is 4.41. The minimum atomic E-state index is 0.0165. The summed E-state index contributed by atoms with van der Waals surface area (Å²) in [5.41, 5.74) is 8.74. The maximum Gasteiger partial charge on any atom is 0.0453 e. The zero-order valence-corrected chi connectivity index (χ0v) is 25.4. The van der Waals surface area contributed by atoms with E-state index in [2.05, 4.69) is 132 Å². The normalized spacial score (nSPS) is 15.9. The molecule has 0 bridgehead atoms. The van der Waals surface area contributed by atoms with Gasteiger partial charge >= 0.3 is 0 Å². The van der Waals surface area contributed by atoms with Gasteiger partial charge in [0.15, 0.2) is 0 Å². The molecule has 0 saturated heterocycles. The van der Waals surface area contributed by atoms with Crippen LogP contribution < -0.4 is 5.32 Å². The molecule has 0 aliphatic heterocycles. The van der Waals surface area contributed by atoms with Crippen molar-refractivity contribution in [2.45, 2.75) is 87.5 Å². The van der Waals surface area contributed by atoms with Crippen molar-refractivity contribution < 1.29 is 0 Å². The highest BCUT2D eigenvalue weighted by Crippen LogP contribution is 2.41. The van der Waals surface area contributed by atoms with Crippen molar-refractivity contribution in [3.8, 4) is 0 Å². The molecule has 3 atom stereocenters. The second-order valence-electron chi connectivity index (χ2n) is 10.2. The van der Waals surface area contributed by atoms with Gasteiger partial charge in [-0.3, -0.25) is 0 Å². The molecule has 0 fully saturated rings. The number of nitrogens with one attached hydrogen (secondary N) is 1. The summed E-state index contributed by atoms with van der Waals surface area (Å²) < 4.78 is 0. The van der Waals surface area contributed by atoms with Crippen LogP contribution in [-0.4, -0.2) is 0 Å². The van der Waals surface area contributed by atoms with Crippen molar-refractivity contribution in [3.63, 3.8) is 0 Å². The molecular weight excluding hydrogens is 458 g/mol. The lowest BCUT2D eigenvalue weighted by Gasteiger charge is -2.35. The third-order valence-electron chi connectivity index (χ3n) is 7.38. The van der Waals surface area contributed by atoms with Gasteiger partial charge in [-0.2, -0.15) is 0 Å². The third kappa shape index (κ3) is 11.6. The van der Waals surface area contributed by atoms with Crippen LogP contribution in [0.1, 0.15) is 93.1 Å². The molecule has 0 radical (unpaired) electrons. The van der Waals surface area contributed by atoms with Gasteiger partial charge in [-0.1, -0.05) is 101 Å². The Labute approximate surface area is 235 Å². The molecule has 0 heterocycles. The number of anilines is 1. The predicted molar refractivity (Wildman–Crippen MR) is 173 cm³/mol. The summed E-state index contributed by atoms with van der Waals surface area (Å²) in [6.45, 7) is 17.8. The number of para-hydroxylation sites is 1. The van der Waals surface area contributed by atoms with Gasteiger partial charge < -0.3 is 5.32 Å². The molecule has 0 amide bonds. The van der Waals surface area contributed by atoms with E-state index in [1.165, 1.54) is 16.7 Å². The number of benzene rings is 1. The summed E-state index contributed by atoms with van der Waals surface area (Å²) in [7, 11) is 0. The lowest BCUT2D eigenvalue weighted by Crippen LogP contribution is -2.25. The van der Waals surface area contributed by atoms with Crippen LogP contribution in [0.2, 0.25) is 0 Å². The summed E-state index contributed by atoms with van der Waals surface area (Å²) in [5.74, 6) is 0.868. The maximum absolute atomic E-state index is 3.73. The minimum Gasteiger partial charge on any atom is -0.361 e. The van der Waals surface area contributed by atoms with E-state index < -0.39 is 0 Å². The van der Waals surface area contributed by atoms with Gasteiger partial charge in [0, 0.05) is 23.2 Å². The van der Waals surface area contributed by atoms with Gasteiger partial charge in [-0.25, -0.2) is 0 Å². The molecule has 0 spiro atoms. The number of rotatable bonds is 16. The van der Waals surface area contributed by atoms with E-state index in [9.17, 15) is 0 Å². The monoisotopic (exact) mass is 511 g/mol. The molecule has 206 valence electrons. The quantitative estimate of drug-likeness (QED) is 0.132. The molecule has 1 rings (SSSR count). The largest absolute Gasteiger partial charge is 0.361 e. The fraction of sp³-hybridized carbons (Fsp3) is 0.432. The number of hydrogen-bond acceptors (Lipinski definition) is 1. The lowest BCUT2D eigenvalue weighted by molar-refractivity contribution is 0.282. The molecule has 0 saturated carbocycles. The minimum absolute atomic E-state index is 0.0165. The summed E-state index contributed by atoms with van der Waals surface area (Å²) in [4.78, 5) is 0. The van der Waals surface area contributed by atoms with E-state index in [1.54, 1.807) is 0 Å². The first kappa shape index (κ1) is 33.0. The Morgan fingerprint density at radius 3 is 2.37 bits per heavy atom. The highest BCUT2D eigenvalue weighted by atomic mass is 14.8. The van der Waals surface area contributed by atoms with Crippen LogP contribution in [0.15, 0.2) is 108 Å². The molecule has 0 aliphatic carbocycles. The third-order valence-corrected chi connectivity index (χ3v) is 7.38. The summed E-state index contributed by atoms with van der Waals surface area (Å²) >= 11 is 0. The van der Waals surface area contributed by atoms with Gasteiger partial charge in [0.1, 0.15) is 0 Å². The topological polar surface area (TPSA) is 12.0 Å². The standard InChI is InChI=1S/C37H53N/c1-9-14-19-29-38-36-24-18-17-23-35(36)30-34(20-12-4)27-28-37(8,31(6)21-15-10-2)32(7)25-26-33(13-5)22-16-11-3/h9,12,14-24,26,29-31,33,38H,10-11,13,27-28H2,1-8H3/b14-9-,20-12-,21-15-,22-16-,29-19-,34-30?. The van der Waals surface area contributed by atoms with E-state index in [0.29, 0.717) is 11.8 Å². The van der Waals surface area contributed by atoms with E-state index in [4.69, 9.17) is 0 Å². The van der Waals surface area contributed by atoms with Gasteiger partial charge in [-0.05, 0) is 99.8 Å². The molecule has 38 heavy (non-hydrogen) atoms. The van der Waals surface area contributed by atoms with E-state index >= 15 is 0 Å². The Morgan fingerprint density at radius 1 is 1.00 bits per heavy atom. The van der Waals surface area contributed by atoms with Gasteiger partial charge in [0.25, 0.3) is 0 Å². The predicted octanol–water partition coefficient (Wildman–Crippen LogP) is 11.6. The fourth-order valence-corrected chi connectivity index (χ4v) is 4.41. The first-order valence-electron chi connectivity index (χ1n) is 14.6. The average molecular weight is 512 g/mol. The van der Waals surface area contributed by atoms with E-state index in [0.717, 1.165) is 37.8 Å². The summed E-state index contributed by atoms with van der Waals surface area (Å²) in [6, 6.07) is 8.51. The van der Waals surface area contributed by atoms with Crippen molar-refractivity contribution in [2.75, 3.05) is 5.32 Å². The Morgan fingerprint density at radius 2 is 1.71 bits per heavy atom. The number of allylic oxidation sites excluding steroid dienone is 11. The van der Waals surface area contributed by atoms with Crippen LogP contribution in [0.5, 0.6) is 0 Å². The van der Waals surface area contributed by atoms with Gasteiger partial charge in [0.05, 0.1) is 0 Å². The summed E-state index contributed by atoms with van der Waals surface area (Å²) in [6.07, 6.45) is 31.7. The van der Waals surface area contributed by atoms with Crippen LogP contribution in [0.4, 0.5) is 5.69 Å². The molecule has 1 nitrogen and oxygen atoms in total. The van der Waals surface area contributed by atoms with Crippen LogP contribution in [0.25, 0.3) is 6.08 Å². The Bertz CT molecular complexity index is 1050. The van der Waals surface area contributed by atoms with Crippen molar-refractivity contribution in [2.24, 2.45) is 17.3 Å². The SMILES string of the molecule is C/C=C\C=C/Nc1ccccc1C=C(/C=C\C)CCC(C)(C(C)=C=CC(/C=C\CC)CC)C(C)/C=C\CC. The zero-order valence-electron chi connectivity index (χ0n) is 25.4. The first-order valence-corrected chi connectivity index (χ1v) is 14.6. The van der Waals surface area contributed by atoms with Crippen molar-refractivity contribution in [1.82, 2.24) is 0 Å². The molecule has 0 aromatic heterocycles. The van der Waals surface area contributed by atoms with Crippen LogP contribution in [0, 0.1) is 17.3 Å². The van der Waals surface area contributed by atoms with E-state index in [-0.39, 0.29) is 5.41 Å². The van der Waals surface area contributed by atoms with Crippen LogP contribution in [0.3, 0.4) is 0 Å². The van der Waals surface area contributed by atoms with E-state index in [1.807, 2.05) is 31.4 Å². The molecule has 1 N–H and O–H groups in total. The second-order valence-corrected chi connectivity index (χ2v) is 10.2. The Balaban J connectivity index is 3.37. The number of hydrogen-bond donors (Lipinski definition) is 1. The van der Waals surface area contributed by atoms with Gasteiger partial charge in [-0.15, -0.1) is 5.73 Å². The molecule has 1 aromatic carbocycles. The molecular formula is C37H53N. The summed E-state index contributed by atoms with van der Waals surface area (Å²) in [5, 5.41) is 3.44. The maximum atomic E-state index is 3.73. The zero-order chi connectivity index (χ0) is 28.2. The second kappa shape index (κ2) is 19.1. The highest BCUT2D eigenvalue weighted by Gasteiger charge is 2.31. The van der Waals surface area contributed by atoms with Crippen molar-refractivity contribution >= 4 is 11.8 Å². The van der Waals surface area contributed by atoms with Gasteiger partial charge in [0.2, 0.25) is 0 Å². The van der Waals surface area contributed by atoms with Crippen molar-refractivity contribution in [1.29, 1.82) is 0 Å². The molecule has 1 heteroatoms. The van der Waals surface area contributed by atoms with Crippen LogP contribution in [-0.2, 0) is 0 Å². The Kier molecular flexibility index (Phi) is 16.6. The molecule has 1 aromatic rings. The van der Waals surface area contributed by atoms with Crippen molar-refractivity contribution in [3.05, 3.63) is 114 Å². The molecule has 0 aliphatic rings. The smallest absolute Gasteiger partial charge is 0.0453 e. The highest BCUT2D eigenvalue weighted by molar-refractivity contribution is 5.70. The average Bonchev–Trinajstić information content (AvgIpc) is 2.93. The first-order chi connectivity index (χ1) is 18.4. The lowest BCUT2D eigenvalue weighted by atomic mass is 9.69. The van der Waals surface area contributed by atoms with Crippen LogP contribution >= 0.6 is 0 Å². The Hall–Kier alpha value is -3.02.